The van der Waals surface area contributed by atoms with Gasteiger partial charge in [-0.3, -0.25) is 4.79 Å². The number of carbonyl (C=O) groups is 1. The fourth-order valence-electron chi connectivity index (χ4n) is 3.57. The molecule has 1 amide bonds. The van der Waals surface area contributed by atoms with Crippen LogP contribution in [-0.4, -0.2) is 30.5 Å². The van der Waals surface area contributed by atoms with Gasteiger partial charge in [-0.25, -0.2) is 0 Å². The van der Waals surface area contributed by atoms with E-state index >= 15 is 0 Å². The number of halogens is 1. The highest BCUT2D eigenvalue weighted by molar-refractivity contribution is 7.99. The highest BCUT2D eigenvalue weighted by Gasteiger charge is 2.44. The summed E-state index contributed by atoms with van der Waals surface area (Å²) in [4.78, 5) is 14.9. The largest absolute Gasteiger partial charge is 0.370 e. The van der Waals surface area contributed by atoms with E-state index in [1.54, 1.807) is 0 Å². The van der Waals surface area contributed by atoms with Crippen molar-refractivity contribution in [3.8, 4) is 0 Å². The maximum absolute atomic E-state index is 12.4. The van der Waals surface area contributed by atoms with Gasteiger partial charge in [0.1, 0.15) is 0 Å². The van der Waals surface area contributed by atoms with Crippen LogP contribution in [0.4, 0.5) is 5.69 Å². The Labute approximate surface area is 164 Å². The fraction of sp³-hybridized carbons (Fsp3) is 0.381. The molecule has 1 N–H and O–H groups in total. The standard InChI is InChI=1S/C21H23ClN2OS/c22-20-4-2-1-3-17(20)18-13-19(18)21(25)23-14-15-5-7-16(8-6-15)24-9-11-26-12-10-24/h1-8,18-19H,9-14H2,(H,23,25). The third-order valence-corrected chi connectivity index (χ3v) is 6.50. The van der Waals surface area contributed by atoms with E-state index in [1.807, 2.05) is 36.0 Å². The molecule has 2 aromatic carbocycles. The summed E-state index contributed by atoms with van der Waals surface area (Å²) in [6, 6.07) is 16.4. The summed E-state index contributed by atoms with van der Waals surface area (Å²) >= 11 is 8.26. The number of amides is 1. The fourth-order valence-corrected chi connectivity index (χ4v) is 4.75. The molecule has 26 heavy (non-hydrogen) atoms. The van der Waals surface area contributed by atoms with Crippen LogP contribution < -0.4 is 10.2 Å². The predicted octanol–water partition coefficient (Wildman–Crippen LogP) is 4.31. The first-order chi connectivity index (χ1) is 12.7. The summed E-state index contributed by atoms with van der Waals surface area (Å²) in [5, 5.41) is 3.84. The first-order valence-corrected chi connectivity index (χ1v) is 10.7. The van der Waals surface area contributed by atoms with Gasteiger partial charge in [0.2, 0.25) is 5.91 Å². The molecule has 1 aliphatic carbocycles. The Hall–Kier alpha value is -1.65. The second-order valence-electron chi connectivity index (χ2n) is 6.95. The molecule has 1 aliphatic heterocycles. The quantitative estimate of drug-likeness (QED) is 0.830. The van der Waals surface area contributed by atoms with E-state index in [0.717, 1.165) is 35.7 Å². The van der Waals surface area contributed by atoms with Crippen LogP contribution in [-0.2, 0) is 11.3 Å². The van der Waals surface area contributed by atoms with Gasteiger partial charge < -0.3 is 10.2 Å². The molecule has 2 fully saturated rings. The Bertz CT molecular complexity index is 774. The highest BCUT2D eigenvalue weighted by Crippen LogP contribution is 2.49. The lowest BCUT2D eigenvalue weighted by molar-refractivity contribution is -0.122. The van der Waals surface area contributed by atoms with Gasteiger partial charge in [0, 0.05) is 47.8 Å². The number of benzene rings is 2. The van der Waals surface area contributed by atoms with Crippen LogP contribution in [0.15, 0.2) is 48.5 Å². The lowest BCUT2D eigenvalue weighted by atomic mass is 10.1. The van der Waals surface area contributed by atoms with E-state index in [1.165, 1.54) is 17.2 Å². The number of nitrogens with one attached hydrogen (secondary N) is 1. The summed E-state index contributed by atoms with van der Waals surface area (Å²) in [6.45, 7) is 2.82. The zero-order valence-corrected chi connectivity index (χ0v) is 16.2. The third kappa shape index (κ3) is 4.02. The van der Waals surface area contributed by atoms with E-state index in [0.29, 0.717) is 6.54 Å². The van der Waals surface area contributed by atoms with Crippen LogP contribution in [0.2, 0.25) is 5.02 Å². The van der Waals surface area contributed by atoms with Crippen molar-refractivity contribution in [1.29, 1.82) is 0 Å². The number of rotatable bonds is 5. The van der Waals surface area contributed by atoms with Gasteiger partial charge in [-0.15, -0.1) is 0 Å². The minimum absolute atomic E-state index is 0.0556. The number of carbonyl (C=O) groups excluding carboxylic acids is 1. The maximum Gasteiger partial charge on any atom is 0.224 e. The second-order valence-corrected chi connectivity index (χ2v) is 8.59. The van der Waals surface area contributed by atoms with Crippen LogP contribution in [0.5, 0.6) is 0 Å². The van der Waals surface area contributed by atoms with Gasteiger partial charge in [0.15, 0.2) is 0 Å². The summed E-state index contributed by atoms with van der Waals surface area (Å²) in [5.74, 6) is 2.85. The number of anilines is 1. The Morgan fingerprint density at radius 1 is 1.12 bits per heavy atom. The molecule has 0 aromatic heterocycles. The Kier molecular flexibility index (Phi) is 5.41. The summed E-state index contributed by atoms with van der Waals surface area (Å²) in [6.07, 6.45) is 0.890. The van der Waals surface area contributed by atoms with Gasteiger partial charge in [-0.05, 0) is 41.7 Å². The zero-order valence-electron chi connectivity index (χ0n) is 14.7. The first kappa shape index (κ1) is 17.7. The molecule has 0 radical (unpaired) electrons. The van der Waals surface area contributed by atoms with E-state index in [-0.39, 0.29) is 17.7 Å². The van der Waals surface area contributed by atoms with Gasteiger partial charge in [-0.1, -0.05) is 41.9 Å². The van der Waals surface area contributed by atoms with Crippen molar-refractivity contribution in [2.24, 2.45) is 5.92 Å². The molecule has 2 unspecified atom stereocenters. The normalized spacial score (nSPS) is 22.1. The average molecular weight is 387 g/mol. The minimum Gasteiger partial charge on any atom is -0.370 e. The van der Waals surface area contributed by atoms with Crippen molar-refractivity contribution < 1.29 is 4.79 Å². The average Bonchev–Trinajstić information content (AvgIpc) is 3.48. The van der Waals surface area contributed by atoms with Crippen molar-refractivity contribution in [2.75, 3.05) is 29.5 Å². The van der Waals surface area contributed by atoms with Crippen molar-refractivity contribution in [3.05, 3.63) is 64.7 Å². The highest BCUT2D eigenvalue weighted by atomic mass is 35.5. The number of hydrogen-bond donors (Lipinski definition) is 1. The molecule has 1 heterocycles. The molecule has 5 heteroatoms. The molecule has 4 rings (SSSR count). The summed E-state index contributed by atoms with van der Waals surface area (Å²) < 4.78 is 0. The Morgan fingerprint density at radius 3 is 2.58 bits per heavy atom. The zero-order chi connectivity index (χ0) is 17.9. The number of thioether (sulfide) groups is 1. The lowest BCUT2D eigenvalue weighted by Gasteiger charge is -2.28. The van der Waals surface area contributed by atoms with Crippen molar-refractivity contribution in [2.45, 2.75) is 18.9 Å². The van der Waals surface area contributed by atoms with E-state index in [9.17, 15) is 4.79 Å². The van der Waals surface area contributed by atoms with Crippen molar-refractivity contribution >= 4 is 35.0 Å². The van der Waals surface area contributed by atoms with Gasteiger partial charge in [0.25, 0.3) is 0 Å². The molecule has 136 valence electrons. The number of hydrogen-bond acceptors (Lipinski definition) is 3. The maximum atomic E-state index is 12.4. The molecule has 0 bridgehead atoms. The molecule has 1 saturated heterocycles. The van der Waals surface area contributed by atoms with Gasteiger partial charge in [-0.2, -0.15) is 11.8 Å². The van der Waals surface area contributed by atoms with Gasteiger partial charge >= 0.3 is 0 Å². The van der Waals surface area contributed by atoms with Crippen LogP contribution >= 0.6 is 23.4 Å². The van der Waals surface area contributed by atoms with Crippen molar-refractivity contribution in [3.63, 3.8) is 0 Å². The molecular weight excluding hydrogens is 364 g/mol. The van der Waals surface area contributed by atoms with Crippen LogP contribution in [0.25, 0.3) is 0 Å². The first-order valence-electron chi connectivity index (χ1n) is 9.16. The molecule has 2 atom stereocenters. The smallest absolute Gasteiger partial charge is 0.224 e. The predicted molar refractivity (Wildman–Crippen MR) is 110 cm³/mol. The van der Waals surface area contributed by atoms with E-state index < -0.39 is 0 Å². The van der Waals surface area contributed by atoms with Crippen LogP contribution in [0.1, 0.15) is 23.5 Å². The molecule has 2 aliphatic rings. The summed E-state index contributed by atoms with van der Waals surface area (Å²) in [7, 11) is 0. The molecule has 2 aromatic rings. The van der Waals surface area contributed by atoms with Crippen LogP contribution in [0, 0.1) is 5.92 Å². The molecule has 1 saturated carbocycles. The van der Waals surface area contributed by atoms with Crippen molar-refractivity contribution in [1.82, 2.24) is 5.32 Å². The van der Waals surface area contributed by atoms with Crippen LogP contribution in [0.3, 0.4) is 0 Å². The lowest BCUT2D eigenvalue weighted by Crippen LogP contribution is -2.32. The summed E-state index contributed by atoms with van der Waals surface area (Å²) in [5.41, 5.74) is 3.52. The minimum atomic E-state index is 0.0556. The van der Waals surface area contributed by atoms with E-state index in [4.69, 9.17) is 11.6 Å². The molecule has 3 nitrogen and oxygen atoms in total. The third-order valence-electron chi connectivity index (χ3n) is 5.21. The number of nitrogens with zero attached hydrogens (tertiary/aromatic N) is 1. The van der Waals surface area contributed by atoms with Gasteiger partial charge in [0.05, 0.1) is 0 Å². The van der Waals surface area contributed by atoms with E-state index in [2.05, 4.69) is 34.5 Å². The Balaban J connectivity index is 1.29. The SMILES string of the molecule is O=C(NCc1ccc(N2CCSCC2)cc1)C1CC1c1ccccc1Cl. The Morgan fingerprint density at radius 2 is 1.85 bits per heavy atom. The monoisotopic (exact) mass is 386 g/mol. The second kappa shape index (κ2) is 7.93. The molecular formula is C21H23ClN2OS. The topological polar surface area (TPSA) is 32.3 Å². The molecule has 0 spiro atoms.